The van der Waals surface area contributed by atoms with Gasteiger partial charge in [0, 0.05) is 21.9 Å². The van der Waals surface area contributed by atoms with Gasteiger partial charge in [-0.1, -0.05) is 60.3 Å². The largest absolute Gasteiger partial charge is 0.516 e. The summed E-state index contributed by atoms with van der Waals surface area (Å²) >= 11 is 1.72. The van der Waals surface area contributed by atoms with Crippen molar-refractivity contribution in [3.8, 4) is 16.9 Å². The lowest BCUT2D eigenvalue weighted by molar-refractivity contribution is 0.472. The van der Waals surface area contributed by atoms with Gasteiger partial charge in [0.2, 0.25) is 5.75 Å². The first kappa shape index (κ1) is 18.0. The van der Waals surface area contributed by atoms with Crippen LogP contribution in [0.4, 0.5) is 0 Å². The fourth-order valence-corrected chi connectivity index (χ4v) is 3.61. The Balaban J connectivity index is 1.82. The standard InChI is InChI=1S/C23H20O2S/c1-3-8-23(24)25-18-13-15-19(16-14-18)26-22-12-7-6-11-21(22)20-10-5-4-9-17(20)2/h3-16H,1-2H3/p+1/b8-3+. The molecule has 3 aromatic carbocycles. The minimum absolute atomic E-state index is 0.113. The Morgan fingerprint density at radius 1 is 0.885 bits per heavy atom. The van der Waals surface area contributed by atoms with E-state index in [-0.39, 0.29) is 5.97 Å². The molecule has 0 bridgehead atoms. The summed E-state index contributed by atoms with van der Waals surface area (Å²) in [6.45, 7) is 3.96. The number of hydrogen-bond donors (Lipinski definition) is 0. The zero-order valence-electron chi connectivity index (χ0n) is 14.8. The third-order valence-electron chi connectivity index (χ3n) is 3.91. The predicted molar refractivity (Wildman–Crippen MR) is 110 cm³/mol. The van der Waals surface area contributed by atoms with Crippen molar-refractivity contribution in [2.75, 3.05) is 0 Å². The Morgan fingerprint density at radius 3 is 2.23 bits per heavy atom. The predicted octanol–water partition coefficient (Wildman–Crippen LogP) is 6.27. The molecule has 0 fully saturated rings. The van der Waals surface area contributed by atoms with Gasteiger partial charge in [-0.25, -0.2) is 0 Å². The Hall–Kier alpha value is -2.78. The molecule has 0 aliphatic carbocycles. The van der Waals surface area contributed by atoms with Gasteiger partial charge in [-0.05, 0) is 48.7 Å². The third-order valence-corrected chi connectivity index (χ3v) is 4.99. The van der Waals surface area contributed by atoms with Crippen molar-refractivity contribution in [1.29, 1.82) is 0 Å². The van der Waals surface area contributed by atoms with Crippen LogP contribution in [0, 0.1) is 6.92 Å². The summed E-state index contributed by atoms with van der Waals surface area (Å²) < 4.78 is 5.34. The highest BCUT2D eigenvalue weighted by Crippen LogP contribution is 2.37. The van der Waals surface area contributed by atoms with E-state index in [1.54, 1.807) is 17.8 Å². The van der Waals surface area contributed by atoms with Crippen LogP contribution in [-0.4, -0.2) is 10.8 Å². The van der Waals surface area contributed by atoms with Crippen molar-refractivity contribution in [1.82, 2.24) is 0 Å². The van der Waals surface area contributed by atoms with Crippen LogP contribution in [0.3, 0.4) is 0 Å². The molecule has 0 aliphatic heterocycles. The van der Waals surface area contributed by atoms with Crippen LogP contribution in [0.1, 0.15) is 12.5 Å². The summed E-state index contributed by atoms with van der Waals surface area (Å²) in [4.78, 5) is 11.9. The molecule has 1 N–H and O–H groups in total. The maximum Gasteiger partial charge on any atom is 0.516 e. The number of carbonyl (C=O) groups excluding carboxylic acids is 1. The Bertz CT molecular complexity index is 927. The zero-order valence-corrected chi connectivity index (χ0v) is 15.7. The van der Waals surface area contributed by atoms with Gasteiger partial charge in [-0.2, -0.15) is 0 Å². The van der Waals surface area contributed by atoms with Gasteiger partial charge in [0.05, 0.1) is 6.08 Å². The van der Waals surface area contributed by atoms with Gasteiger partial charge in [-0.3, -0.25) is 4.74 Å². The molecule has 0 amide bonds. The van der Waals surface area contributed by atoms with E-state index in [9.17, 15) is 4.79 Å². The molecule has 0 spiro atoms. The zero-order chi connectivity index (χ0) is 18.4. The van der Waals surface area contributed by atoms with Gasteiger partial charge in [-0.15, -0.1) is 0 Å². The molecule has 0 aromatic heterocycles. The molecule has 3 aromatic rings. The number of hydrogen-bond acceptors (Lipinski definition) is 2. The Kier molecular flexibility index (Phi) is 5.92. The molecule has 3 rings (SSSR count). The maximum absolute atomic E-state index is 9.60. The average Bonchev–Trinajstić information content (AvgIpc) is 2.65. The number of benzene rings is 3. The summed E-state index contributed by atoms with van der Waals surface area (Å²) in [5, 5.41) is 0. The van der Waals surface area contributed by atoms with Crippen LogP contribution in [0.25, 0.3) is 11.1 Å². The first-order valence-electron chi connectivity index (χ1n) is 8.47. The summed E-state index contributed by atoms with van der Waals surface area (Å²) in [5.74, 6) is 0.495. The number of allylic oxidation sites excluding steroid dienone is 1. The monoisotopic (exact) mass is 361 g/mol. The highest BCUT2D eigenvalue weighted by molar-refractivity contribution is 7.99. The highest BCUT2D eigenvalue weighted by atomic mass is 32.2. The minimum Gasteiger partial charge on any atom is -0.335 e. The third kappa shape index (κ3) is 4.44. The second-order valence-corrected chi connectivity index (χ2v) is 6.94. The molecule has 0 aliphatic rings. The molecule has 26 heavy (non-hydrogen) atoms. The smallest absolute Gasteiger partial charge is 0.335 e. The quantitative estimate of drug-likeness (QED) is 0.232. The van der Waals surface area contributed by atoms with Crippen molar-refractivity contribution in [3.05, 3.63) is 90.5 Å². The van der Waals surface area contributed by atoms with Crippen molar-refractivity contribution < 1.29 is 9.53 Å². The SMILES string of the molecule is C/C=C/C(=[OH+])Oc1ccc(Sc2ccccc2-c2ccccc2C)cc1. The lowest BCUT2D eigenvalue weighted by Gasteiger charge is -2.11. The molecule has 3 heteroatoms. The second kappa shape index (κ2) is 8.54. The molecule has 0 saturated heterocycles. The van der Waals surface area contributed by atoms with Crippen LogP contribution in [0.5, 0.6) is 5.75 Å². The highest BCUT2D eigenvalue weighted by Gasteiger charge is 2.11. The first-order chi connectivity index (χ1) is 12.7. The van der Waals surface area contributed by atoms with Gasteiger partial charge in [0.1, 0.15) is 0 Å². The van der Waals surface area contributed by atoms with Crippen molar-refractivity contribution in [2.45, 2.75) is 23.6 Å². The van der Waals surface area contributed by atoms with Gasteiger partial charge in [0.25, 0.3) is 0 Å². The Morgan fingerprint density at radius 2 is 1.54 bits per heavy atom. The van der Waals surface area contributed by atoms with Crippen molar-refractivity contribution >= 4 is 17.7 Å². The molecule has 0 heterocycles. The van der Waals surface area contributed by atoms with Crippen LogP contribution in [-0.2, 0) is 0 Å². The molecule has 2 nitrogen and oxygen atoms in total. The fraction of sp³-hybridized carbons (Fsp3) is 0.0870. The topological polar surface area (TPSA) is 30.6 Å². The number of aryl methyl sites for hydroxylation is 1. The minimum atomic E-state index is -0.113. The van der Waals surface area contributed by atoms with Crippen LogP contribution >= 0.6 is 11.8 Å². The number of ether oxygens (including phenoxy) is 1. The van der Waals surface area contributed by atoms with Crippen LogP contribution in [0.2, 0.25) is 0 Å². The summed E-state index contributed by atoms with van der Waals surface area (Å²) in [6.07, 6.45) is 3.24. The molecule has 130 valence electrons. The molecule has 0 radical (unpaired) electrons. The normalized spacial score (nSPS) is 10.8. The Labute approximate surface area is 158 Å². The summed E-state index contributed by atoms with van der Waals surface area (Å²) in [7, 11) is 0. The summed E-state index contributed by atoms with van der Waals surface area (Å²) in [6, 6.07) is 24.6. The van der Waals surface area contributed by atoms with E-state index in [0.29, 0.717) is 5.75 Å². The van der Waals surface area contributed by atoms with Crippen molar-refractivity contribution in [2.24, 2.45) is 0 Å². The molecular formula is C23H21O2S+. The maximum atomic E-state index is 9.60. The van der Waals surface area contributed by atoms with Gasteiger partial charge >= 0.3 is 5.97 Å². The molecule has 0 saturated carbocycles. The van der Waals surface area contributed by atoms with Gasteiger partial charge < -0.3 is 4.79 Å². The first-order valence-corrected chi connectivity index (χ1v) is 9.28. The molecular weight excluding hydrogens is 340 g/mol. The lowest BCUT2D eigenvalue weighted by Crippen LogP contribution is -2.03. The van der Waals surface area contributed by atoms with Gasteiger partial charge in [0.15, 0.2) is 0 Å². The van der Waals surface area contributed by atoms with E-state index in [1.165, 1.54) is 27.7 Å². The lowest BCUT2D eigenvalue weighted by atomic mass is 10.0. The van der Waals surface area contributed by atoms with E-state index in [0.717, 1.165) is 4.90 Å². The van der Waals surface area contributed by atoms with Crippen LogP contribution in [0.15, 0.2) is 94.7 Å². The summed E-state index contributed by atoms with van der Waals surface area (Å²) in [5.41, 5.74) is 3.75. The second-order valence-electron chi connectivity index (χ2n) is 5.82. The molecule has 0 atom stereocenters. The number of esters is 1. The number of rotatable bonds is 5. The van der Waals surface area contributed by atoms with E-state index in [4.69, 9.17) is 4.74 Å². The molecule has 0 unspecified atom stereocenters. The van der Waals surface area contributed by atoms with E-state index in [1.807, 2.05) is 31.2 Å². The van der Waals surface area contributed by atoms with Crippen molar-refractivity contribution in [3.63, 3.8) is 0 Å². The van der Waals surface area contributed by atoms with E-state index in [2.05, 4.69) is 55.5 Å². The van der Waals surface area contributed by atoms with Crippen LogP contribution < -0.4 is 4.74 Å². The van der Waals surface area contributed by atoms with E-state index < -0.39 is 0 Å². The fourth-order valence-electron chi connectivity index (χ4n) is 2.65. The average molecular weight is 361 g/mol. The van der Waals surface area contributed by atoms with E-state index >= 15 is 0 Å².